The monoisotopic (exact) mass is 339 g/mol. The maximum atomic E-state index is 12.4. The van der Waals surface area contributed by atoms with Crippen LogP contribution in [-0.2, 0) is 14.8 Å². The Labute approximate surface area is 128 Å². The standard InChI is InChI=1S/C14H20F3NO3S/c1-12(2)9-3-5-13(12)8-22(20,21)18(10(13)7-9)11(19)4-6-14(15,16)17/h9-10H,3-8H2,1-2H3/t9-,10-,13-/m1/s1. The van der Waals surface area contributed by atoms with Crippen molar-refractivity contribution in [3.63, 3.8) is 0 Å². The fourth-order valence-electron chi connectivity index (χ4n) is 4.98. The summed E-state index contributed by atoms with van der Waals surface area (Å²) in [4.78, 5) is 12.2. The minimum atomic E-state index is -4.45. The molecular formula is C14H20F3NO3S. The number of amides is 1. The molecule has 0 aromatic rings. The van der Waals surface area contributed by atoms with Gasteiger partial charge in [0.2, 0.25) is 15.9 Å². The molecule has 3 atom stereocenters. The molecule has 126 valence electrons. The fraction of sp³-hybridized carbons (Fsp3) is 0.929. The summed E-state index contributed by atoms with van der Waals surface area (Å²) in [5.41, 5.74) is -0.672. The van der Waals surface area contributed by atoms with Crippen LogP contribution in [0.4, 0.5) is 13.2 Å². The zero-order chi connectivity index (χ0) is 16.6. The Morgan fingerprint density at radius 3 is 2.50 bits per heavy atom. The third-order valence-electron chi connectivity index (χ3n) is 6.28. The molecule has 2 aliphatic carbocycles. The van der Waals surface area contributed by atoms with Crippen molar-refractivity contribution in [3.8, 4) is 0 Å². The summed E-state index contributed by atoms with van der Waals surface area (Å²) >= 11 is 0. The number of alkyl halides is 3. The Hall–Kier alpha value is -0.790. The second-order valence-electron chi connectivity index (χ2n) is 7.43. The normalized spacial score (nSPS) is 38.3. The van der Waals surface area contributed by atoms with Crippen LogP contribution in [-0.4, -0.2) is 36.6 Å². The van der Waals surface area contributed by atoms with E-state index in [9.17, 15) is 26.4 Å². The van der Waals surface area contributed by atoms with E-state index in [0.717, 1.165) is 17.1 Å². The van der Waals surface area contributed by atoms with E-state index >= 15 is 0 Å². The van der Waals surface area contributed by atoms with Gasteiger partial charge in [0.05, 0.1) is 18.2 Å². The first-order valence-corrected chi connectivity index (χ1v) is 9.13. The first kappa shape index (κ1) is 16.1. The van der Waals surface area contributed by atoms with Gasteiger partial charge in [0.15, 0.2) is 0 Å². The summed E-state index contributed by atoms with van der Waals surface area (Å²) in [7, 11) is -3.81. The van der Waals surface area contributed by atoms with Crippen LogP contribution >= 0.6 is 0 Å². The number of nitrogens with zero attached hydrogens (tertiary/aromatic N) is 1. The van der Waals surface area contributed by atoms with E-state index in [0.29, 0.717) is 12.3 Å². The summed E-state index contributed by atoms with van der Waals surface area (Å²) < 4.78 is 62.6. The number of rotatable bonds is 2. The van der Waals surface area contributed by atoms with Crippen LogP contribution in [0.2, 0.25) is 0 Å². The molecule has 2 saturated carbocycles. The van der Waals surface area contributed by atoms with Gasteiger partial charge in [-0.2, -0.15) is 13.2 Å². The molecule has 0 unspecified atom stereocenters. The number of halogens is 3. The van der Waals surface area contributed by atoms with Crippen molar-refractivity contribution >= 4 is 15.9 Å². The van der Waals surface area contributed by atoms with E-state index in [-0.39, 0.29) is 11.2 Å². The predicted octanol–water partition coefficient (Wildman–Crippen LogP) is 2.70. The maximum absolute atomic E-state index is 12.4. The molecule has 3 aliphatic rings. The third-order valence-corrected chi connectivity index (χ3v) is 8.22. The molecule has 3 fully saturated rings. The van der Waals surface area contributed by atoms with E-state index in [1.54, 1.807) is 0 Å². The van der Waals surface area contributed by atoms with Gasteiger partial charge in [-0.25, -0.2) is 12.7 Å². The van der Waals surface area contributed by atoms with Crippen LogP contribution in [0, 0.1) is 16.7 Å². The van der Waals surface area contributed by atoms with Gasteiger partial charge in [0.1, 0.15) is 0 Å². The highest BCUT2D eigenvalue weighted by atomic mass is 32.2. The Bertz CT molecular complexity index is 613. The number of carbonyl (C=O) groups is 1. The minimum absolute atomic E-state index is 0.105. The molecule has 8 heteroatoms. The van der Waals surface area contributed by atoms with Crippen LogP contribution in [0.25, 0.3) is 0 Å². The van der Waals surface area contributed by atoms with Gasteiger partial charge >= 0.3 is 6.18 Å². The number of sulfonamides is 1. The quantitative estimate of drug-likeness (QED) is 0.777. The number of carbonyl (C=O) groups excluding carboxylic acids is 1. The van der Waals surface area contributed by atoms with Crippen molar-refractivity contribution in [1.82, 2.24) is 4.31 Å². The maximum Gasteiger partial charge on any atom is 0.389 e. The summed E-state index contributed by atoms with van der Waals surface area (Å²) in [6.45, 7) is 4.06. The van der Waals surface area contributed by atoms with Crippen molar-refractivity contribution in [1.29, 1.82) is 0 Å². The summed E-state index contributed by atoms with van der Waals surface area (Å²) in [6, 6.07) is -0.452. The smallest absolute Gasteiger partial charge is 0.274 e. The largest absolute Gasteiger partial charge is 0.389 e. The fourth-order valence-corrected chi connectivity index (χ4v) is 7.55. The predicted molar refractivity (Wildman–Crippen MR) is 73.3 cm³/mol. The van der Waals surface area contributed by atoms with E-state index in [4.69, 9.17) is 0 Å². The molecule has 0 N–H and O–H groups in total. The van der Waals surface area contributed by atoms with Crippen LogP contribution in [0.15, 0.2) is 0 Å². The van der Waals surface area contributed by atoms with Crippen LogP contribution < -0.4 is 0 Å². The van der Waals surface area contributed by atoms with Crippen molar-refractivity contribution in [2.75, 3.05) is 5.75 Å². The number of fused-ring (bicyclic) bond motifs is 1. The molecule has 0 radical (unpaired) electrons. The van der Waals surface area contributed by atoms with Crippen LogP contribution in [0.5, 0.6) is 0 Å². The van der Waals surface area contributed by atoms with Crippen molar-refractivity contribution < 1.29 is 26.4 Å². The number of hydrogen-bond donors (Lipinski definition) is 0. The first-order chi connectivity index (χ1) is 9.91. The average molecular weight is 339 g/mol. The highest BCUT2D eigenvalue weighted by Gasteiger charge is 2.72. The molecule has 4 nitrogen and oxygen atoms in total. The van der Waals surface area contributed by atoms with Gasteiger partial charge in [-0.3, -0.25) is 4.79 Å². The van der Waals surface area contributed by atoms with Crippen LogP contribution in [0.1, 0.15) is 46.0 Å². The Kier molecular flexibility index (Phi) is 3.21. The van der Waals surface area contributed by atoms with Crippen molar-refractivity contribution in [2.45, 2.75) is 58.2 Å². The molecule has 1 aliphatic heterocycles. The van der Waals surface area contributed by atoms with Crippen molar-refractivity contribution in [2.24, 2.45) is 16.7 Å². The zero-order valence-electron chi connectivity index (χ0n) is 12.6. The molecule has 0 aromatic carbocycles. The third kappa shape index (κ3) is 2.02. The lowest BCUT2D eigenvalue weighted by atomic mass is 9.69. The van der Waals surface area contributed by atoms with Gasteiger partial charge in [0.25, 0.3) is 0 Å². The Morgan fingerprint density at radius 1 is 1.32 bits per heavy atom. The summed E-state index contributed by atoms with van der Waals surface area (Å²) in [5.74, 6) is -0.667. The highest BCUT2D eigenvalue weighted by molar-refractivity contribution is 7.90. The zero-order valence-corrected chi connectivity index (χ0v) is 13.4. The topological polar surface area (TPSA) is 54.5 Å². The summed E-state index contributed by atoms with van der Waals surface area (Å²) in [6.07, 6.45) is -4.26. The molecule has 2 bridgehead atoms. The molecule has 22 heavy (non-hydrogen) atoms. The van der Waals surface area contributed by atoms with Gasteiger partial charge in [-0.15, -0.1) is 0 Å². The van der Waals surface area contributed by atoms with Gasteiger partial charge in [-0.05, 0) is 30.6 Å². The molecule has 1 amide bonds. The molecule has 0 aromatic heterocycles. The SMILES string of the molecule is CC1(C)[C@@H]2CC[C@]13CS(=O)(=O)N(C(=O)CCC(F)(F)F)[C@@H]3C2. The molecule has 1 spiro atoms. The second kappa shape index (κ2) is 4.39. The molecular weight excluding hydrogens is 319 g/mol. The van der Waals surface area contributed by atoms with E-state index in [1.165, 1.54) is 0 Å². The van der Waals surface area contributed by atoms with Gasteiger partial charge < -0.3 is 0 Å². The van der Waals surface area contributed by atoms with Crippen LogP contribution in [0.3, 0.4) is 0 Å². The molecule has 3 rings (SSSR count). The minimum Gasteiger partial charge on any atom is -0.274 e. The van der Waals surface area contributed by atoms with E-state index in [2.05, 4.69) is 0 Å². The molecule has 1 heterocycles. The number of hydrogen-bond acceptors (Lipinski definition) is 3. The highest BCUT2D eigenvalue weighted by Crippen LogP contribution is 2.70. The Morgan fingerprint density at radius 2 is 1.95 bits per heavy atom. The van der Waals surface area contributed by atoms with Crippen molar-refractivity contribution in [3.05, 3.63) is 0 Å². The first-order valence-electron chi connectivity index (χ1n) is 7.52. The lowest BCUT2D eigenvalue weighted by molar-refractivity contribution is -0.147. The van der Waals surface area contributed by atoms with E-state index < -0.39 is 46.4 Å². The van der Waals surface area contributed by atoms with Gasteiger partial charge in [-0.1, -0.05) is 13.8 Å². The lowest BCUT2D eigenvalue weighted by Crippen LogP contribution is -2.44. The molecule has 1 saturated heterocycles. The summed E-state index contributed by atoms with van der Waals surface area (Å²) in [5, 5.41) is 0. The van der Waals surface area contributed by atoms with E-state index in [1.807, 2.05) is 13.8 Å². The Balaban J connectivity index is 1.89. The lowest BCUT2D eigenvalue weighted by Gasteiger charge is -2.37. The average Bonchev–Trinajstić information content (AvgIpc) is 2.81. The second-order valence-corrected chi connectivity index (χ2v) is 9.27. The van der Waals surface area contributed by atoms with Gasteiger partial charge in [0, 0.05) is 11.8 Å².